The predicted molar refractivity (Wildman–Crippen MR) is 91.3 cm³/mol. The van der Waals surface area contributed by atoms with Crippen LogP contribution in [0.15, 0.2) is 18.2 Å². The van der Waals surface area contributed by atoms with Crippen LogP contribution in [0.3, 0.4) is 0 Å². The highest BCUT2D eigenvalue weighted by atomic mass is 16.5. The van der Waals surface area contributed by atoms with E-state index in [1.807, 2.05) is 0 Å². The first kappa shape index (κ1) is 16.2. The average molecular weight is 289 g/mol. The first-order chi connectivity index (χ1) is 9.90. The molecule has 1 fully saturated rings. The lowest BCUT2D eigenvalue weighted by atomic mass is 9.82. The van der Waals surface area contributed by atoms with E-state index in [-0.39, 0.29) is 5.41 Å². The number of benzene rings is 1. The molecule has 1 aromatic carbocycles. The van der Waals surface area contributed by atoms with Crippen LogP contribution in [0.5, 0.6) is 5.75 Å². The SMILES string of the molecule is COc1ccc(C(C)(C)C)cc1NCC1CCCC(C)C1. The Morgan fingerprint density at radius 3 is 2.62 bits per heavy atom. The molecule has 118 valence electrons. The minimum absolute atomic E-state index is 0.169. The quantitative estimate of drug-likeness (QED) is 0.819. The Morgan fingerprint density at radius 2 is 2.00 bits per heavy atom. The number of rotatable bonds is 4. The maximum absolute atomic E-state index is 5.51. The van der Waals surface area contributed by atoms with Gasteiger partial charge in [-0.05, 0) is 47.8 Å². The third-order valence-corrected chi connectivity index (χ3v) is 4.69. The molecule has 0 radical (unpaired) electrons. The van der Waals surface area contributed by atoms with Crippen LogP contribution in [-0.4, -0.2) is 13.7 Å². The van der Waals surface area contributed by atoms with Crippen molar-refractivity contribution in [2.24, 2.45) is 11.8 Å². The van der Waals surface area contributed by atoms with E-state index in [0.717, 1.165) is 29.8 Å². The molecule has 0 aliphatic heterocycles. The third kappa shape index (κ3) is 4.39. The number of methoxy groups -OCH3 is 1. The summed E-state index contributed by atoms with van der Waals surface area (Å²) in [7, 11) is 1.75. The van der Waals surface area contributed by atoms with Crippen LogP contribution in [0.1, 0.15) is 58.9 Å². The standard InChI is InChI=1S/C19H31NO/c1-14-7-6-8-15(11-14)13-20-17-12-16(19(2,3)4)9-10-18(17)21-5/h9-10,12,14-15,20H,6-8,11,13H2,1-5H3. The summed E-state index contributed by atoms with van der Waals surface area (Å²) in [6, 6.07) is 6.52. The topological polar surface area (TPSA) is 21.3 Å². The second kappa shape index (κ2) is 6.72. The van der Waals surface area contributed by atoms with E-state index in [4.69, 9.17) is 4.74 Å². The first-order valence-electron chi connectivity index (χ1n) is 8.32. The van der Waals surface area contributed by atoms with Gasteiger partial charge in [-0.25, -0.2) is 0 Å². The highest BCUT2D eigenvalue weighted by molar-refractivity contribution is 5.59. The zero-order valence-electron chi connectivity index (χ0n) is 14.3. The summed E-state index contributed by atoms with van der Waals surface area (Å²) in [5.74, 6) is 2.64. The monoisotopic (exact) mass is 289 g/mol. The minimum atomic E-state index is 0.169. The van der Waals surface area contributed by atoms with Gasteiger partial charge in [0.25, 0.3) is 0 Å². The Balaban J connectivity index is 2.07. The van der Waals surface area contributed by atoms with Crippen LogP contribution in [0, 0.1) is 11.8 Å². The van der Waals surface area contributed by atoms with E-state index in [9.17, 15) is 0 Å². The van der Waals surface area contributed by atoms with Crippen LogP contribution in [0.25, 0.3) is 0 Å². The van der Waals surface area contributed by atoms with Crippen molar-refractivity contribution in [3.63, 3.8) is 0 Å². The smallest absolute Gasteiger partial charge is 0.141 e. The second-order valence-corrected chi connectivity index (χ2v) is 7.68. The fourth-order valence-electron chi connectivity index (χ4n) is 3.31. The van der Waals surface area contributed by atoms with E-state index in [2.05, 4.69) is 51.2 Å². The highest BCUT2D eigenvalue weighted by Crippen LogP contribution is 2.33. The molecule has 2 atom stereocenters. The van der Waals surface area contributed by atoms with Crippen molar-refractivity contribution in [1.82, 2.24) is 0 Å². The predicted octanol–water partition coefficient (Wildman–Crippen LogP) is 5.23. The van der Waals surface area contributed by atoms with Gasteiger partial charge in [-0.1, -0.05) is 46.6 Å². The van der Waals surface area contributed by atoms with Crippen LogP contribution < -0.4 is 10.1 Å². The zero-order valence-corrected chi connectivity index (χ0v) is 14.3. The lowest BCUT2D eigenvalue weighted by Gasteiger charge is -2.28. The molecule has 2 heteroatoms. The van der Waals surface area contributed by atoms with Gasteiger partial charge in [0.05, 0.1) is 12.8 Å². The summed E-state index contributed by atoms with van der Waals surface area (Å²) in [6.07, 6.45) is 5.50. The van der Waals surface area contributed by atoms with Gasteiger partial charge in [0.15, 0.2) is 0 Å². The van der Waals surface area contributed by atoms with E-state index in [1.165, 1.54) is 31.2 Å². The molecule has 1 saturated carbocycles. The van der Waals surface area contributed by atoms with Gasteiger partial charge < -0.3 is 10.1 Å². The molecular formula is C19H31NO. The van der Waals surface area contributed by atoms with Gasteiger partial charge in [0, 0.05) is 6.54 Å². The van der Waals surface area contributed by atoms with Crippen molar-refractivity contribution >= 4 is 5.69 Å². The molecule has 1 N–H and O–H groups in total. The van der Waals surface area contributed by atoms with Crippen molar-refractivity contribution in [2.75, 3.05) is 19.0 Å². The number of nitrogens with one attached hydrogen (secondary N) is 1. The first-order valence-corrected chi connectivity index (χ1v) is 8.32. The maximum Gasteiger partial charge on any atom is 0.141 e. The number of hydrogen-bond donors (Lipinski definition) is 1. The molecule has 21 heavy (non-hydrogen) atoms. The Kier molecular flexibility index (Phi) is 5.18. The molecule has 0 heterocycles. The van der Waals surface area contributed by atoms with Gasteiger partial charge in [-0.15, -0.1) is 0 Å². The molecule has 1 aliphatic rings. The van der Waals surface area contributed by atoms with E-state index in [1.54, 1.807) is 7.11 Å². The van der Waals surface area contributed by atoms with Crippen LogP contribution >= 0.6 is 0 Å². The molecule has 2 nitrogen and oxygen atoms in total. The largest absolute Gasteiger partial charge is 0.495 e. The Hall–Kier alpha value is -1.18. The normalized spacial score (nSPS) is 22.9. The lowest BCUT2D eigenvalue weighted by Crippen LogP contribution is -2.21. The molecule has 0 amide bonds. The van der Waals surface area contributed by atoms with E-state index >= 15 is 0 Å². The van der Waals surface area contributed by atoms with E-state index in [0.29, 0.717) is 0 Å². The Morgan fingerprint density at radius 1 is 1.24 bits per heavy atom. The number of hydrogen-bond acceptors (Lipinski definition) is 2. The molecule has 2 rings (SSSR count). The van der Waals surface area contributed by atoms with Crippen LogP contribution in [0.2, 0.25) is 0 Å². The summed E-state index contributed by atoms with van der Waals surface area (Å²) in [5.41, 5.74) is 2.66. The Labute approximate surface area is 130 Å². The van der Waals surface area contributed by atoms with Gasteiger partial charge >= 0.3 is 0 Å². The molecule has 2 unspecified atom stereocenters. The summed E-state index contributed by atoms with van der Waals surface area (Å²) in [4.78, 5) is 0. The Bertz CT molecular complexity index is 461. The van der Waals surface area contributed by atoms with Crippen molar-refractivity contribution < 1.29 is 4.74 Å². The zero-order chi connectivity index (χ0) is 15.5. The molecule has 0 spiro atoms. The summed E-state index contributed by atoms with van der Waals surface area (Å²) >= 11 is 0. The molecular weight excluding hydrogens is 258 g/mol. The lowest BCUT2D eigenvalue weighted by molar-refractivity contribution is 0.293. The highest BCUT2D eigenvalue weighted by Gasteiger charge is 2.20. The van der Waals surface area contributed by atoms with Crippen molar-refractivity contribution in [1.29, 1.82) is 0 Å². The third-order valence-electron chi connectivity index (χ3n) is 4.69. The van der Waals surface area contributed by atoms with Gasteiger partial charge in [-0.2, -0.15) is 0 Å². The van der Waals surface area contributed by atoms with Crippen LogP contribution in [-0.2, 0) is 5.41 Å². The summed E-state index contributed by atoms with van der Waals surface area (Å²) < 4.78 is 5.51. The average Bonchev–Trinajstić information content (AvgIpc) is 2.44. The molecule has 0 saturated heterocycles. The van der Waals surface area contributed by atoms with Crippen molar-refractivity contribution in [2.45, 2.75) is 58.8 Å². The molecule has 1 aliphatic carbocycles. The maximum atomic E-state index is 5.51. The summed E-state index contributed by atoms with van der Waals surface area (Å²) in [5, 5.41) is 3.64. The molecule has 0 bridgehead atoms. The minimum Gasteiger partial charge on any atom is -0.495 e. The fourth-order valence-corrected chi connectivity index (χ4v) is 3.31. The van der Waals surface area contributed by atoms with Gasteiger partial charge in [0.1, 0.15) is 5.75 Å². The molecule has 0 aromatic heterocycles. The number of ether oxygens (including phenoxy) is 1. The summed E-state index contributed by atoms with van der Waals surface area (Å²) in [6.45, 7) is 10.2. The van der Waals surface area contributed by atoms with Crippen molar-refractivity contribution in [3.8, 4) is 5.75 Å². The van der Waals surface area contributed by atoms with Gasteiger partial charge in [-0.3, -0.25) is 0 Å². The van der Waals surface area contributed by atoms with Crippen LogP contribution in [0.4, 0.5) is 5.69 Å². The molecule has 1 aromatic rings. The van der Waals surface area contributed by atoms with E-state index < -0.39 is 0 Å². The fraction of sp³-hybridized carbons (Fsp3) is 0.684. The van der Waals surface area contributed by atoms with Gasteiger partial charge in [0.2, 0.25) is 0 Å². The van der Waals surface area contributed by atoms with Crippen molar-refractivity contribution in [3.05, 3.63) is 23.8 Å². The number of anilines is 1. The second-order valence-electron chi connectivity index (χ2n) is 7.68.